The topological polar surface area (TPSA) is 0 Å². The molecule has 0 bridgehead atoms. The summed E-state index contributed by atoms with van der Waals surface area (Å²) < 4.78 is 232. The third-order valence-corrected chi connectivity index (χ3v) is 11.0. The van der Waals surface area contributed by atoms with Crippen LogP contribution in [0.1, 0.15) is 114 Å². The normalized spacial score (nSPS) is 23.6. The molecular formula is C35H43F17. The van der Waals surface area contributed by atoms with Crippen molar-refractivity contribution in [2.75, 3.05) is 0 Å². The Balaban J connectivity index is 1.59. The lowest BCUT2D eigenvalue weighted by atomic mass is 9.68. The van der Waals surface area contributed by atoms with Crippen molar-refractivity contribution < 1.29 is 74.6 Å². The van der Waals surface area contributed by atoms with Crippen molar-refractivity contribution in [3.63, 3.8) is 0 Å². The highest BCUT2D eigenvalue weighted by molar-refractivity contribution is 5.30. The molecule has 2 aliphatic carbocycles. The Morgan fingerprint density at radius 2 is 0.827 bits per heavy atom. The molecule has 2 saturated carbocycles. The molecule has 0 aromatic heterocycles. The first kappa shape index (κ1) is 44.4. The van der Waals surface area contributed by atoms with Gasteiger partial charge in [-0.2, -0.15) is 74.6 Å². The molecule has 0 atom stereocenters. The van der Waals surface area contributed by atoms with E-state index < -0.39 is 53.2 Å². The monoisotopic (exact) mass is 786 g/mol. The zero-order valence-corrected chi connectivity index (χ0v) is 28.4. The van der Waals surface area contributed by atoms with Crippen LogP contribution in [-0.2, 0) is 12.3 Å². The average molecular weight is 787 g/mol. The highest BCUT2D eigenvalue weighted by Crippen LogP contribution is 2.65. The van der Waals surface area contributed by atoms with E-state index in [-0.39, 0.29) is 30.0 Å². The minimum atomic E-state index is -8.63. The second-order valence-electron chi connectivity index (χ2n) is 14.5. The predicted octanol–water partition coefficient (Wildman–Crippen LogP) is 14.1. The molecule has 0 aliphatic heterocycles. The van der Waals surface area contributed by atoms with Gasteiger partial charge in [0.05, 0.1) is 0 Å². The van der Waals surface area contributed by atoms with Gasteiger partial charge in [0.25, 0.3) is 0 Å². The molecule has 2 fully saturated rings. The van der Waals surface area contributed by atoms with Crippen molar-refractivity contribution in [2.45, 2.75) is 157 Å². The molecule has 3 rings (SSSR count). The van der Waals surface area contributed by atoms with Gasteiger partial charge < -0.3 is 0 Å². The average Bonchev–Trinajstić information content (AvgIpc) is 3.07. The van der Waals surface area contributed by atoms with E-state index in [4.69, 9.17) is 0 Å². The number of hydrogen-bond donors (Lipinski definition) is 0. The molecule has 0 radical (unpaired) electrons. The largest absolute Gasteiger partial charge is 0.460 e. The minimum Gasteiger partial charge on any atom is -0.194 e. The van der Waals surface area contributed by atoms with Gasteiger partial charge in [-0.25, -0.2) is 0 Å². The van der Waals surface area contributed by atoms with E-state index in [0.717, 1.165) is 43.7 Å². The van der Waals surface area contributed by atoms with Crippen LogP contribution in [0.4, 0.5) is 74.6 Å². The van der Waals surface area contributed by atoms with Crippen LogP contribution in [0.3, 0.4) is 0 Å². The first-order chi connectivity index (χ1) is 23.7. The summed E-state index contributed by atoms with van der Waals surface area (Å²) in [5, 5.41) is 0. The smallest absolute Gasteiger partial charge is 0.194 e. The van der Waals surface area contributed by atoms with Gasteiger partial charge in [-0.15, -0.1) is 0 Å². The number of halogens is 17. The molecule has 0 nitrogen and oxygen atoms in total. The van der Waals surface area contributed by atoms with Crippen molar-refractivity contribution in [1.29, 1.82) is 0 Å². The van der Waals surface area contributed by atoms with Crippen LogP contribution in [0, 0.1) is 23.7 Å². The van der Waals surface area contributed by atoms with E-state index >= 15 is 0 Å². The van der Waals surface area contributed by atoms with Gasteiger partial charge in [-0.1, -0.05) is 95.4 Å². The Bertz CT molecular complexity index is 1250. The van der Waals surface area contributed by atoms with Crippen LogP contribution >= 0.6 is 0 Å². The van der Waals surface area contributed by atoms with Crippen LogP contribution < -0.4 is 0 Å². The molecule has 2 aliphatic rings. The fraction of sp³-hybridized carbons (Fsp3) is 0.829. The molecule has 0 heterocycles. The van der Waals surface area contributed by atoms with E-state index in [2.05, 4.69) is 6.92 Å². The molecule has 0 unspecified atom stereocenters. The van der Waals surface area contributed by atoms with Crippen LogP contribution in [0.25, 0.3) is 0 Å². The molecular weight excluding hydrogens is 743 g/mol. The number of hydrogen-bond acceptors (Lipinski definition) is 0. The van der Waals surface area contributed by atoms with E-state index in [1.54, 1.807) is 0 Å². The van der Waals surface area contributed by atoms with Crippen LogP contribution in [-0.4, -0.2) is 41.7 Å². The Kier molecular flexibility index (Phi) is 13.7. The van der Waals surface area contributed by atoms with E-state index in [0.29, 0.717) is 18.3 Å². The van der Waals surface area contributed by atoms with Crippen molar-refractivity contribution in [3.05, 3.63) is 35.4 Å². The first-order valence-corrected chi connectivity index (χ1v) is 17.5. The zero-order valence-electron chi connectivity index (χ0n) is 28.4. The summed E-state index contributed by atoms with van der Waals surface area (Å²) in [5.41, 5.74) is -1.95. The fourth-order valence-electron chi connectivity index (χ4n) is 7.53. The summed E-state index contributed by atoms with van der Waals surface area (Å²) in [5.74, 6) is -54.2. The van der Waals surface area contributed by atoms with Gasteiger partial charge in [-0.3, -0.25) is 0 Å². The van der Waals surface area contributed by atoms with Crippen molar-refractivity contribution >= 4 is 0 Å². The molecule has 0 saturated heterocycles. The molecule has 1 aromatic carbocycles. The van der Waals surface area contributed by atoms with Gasteiger partial charge >= 0.3 is 47.6 Å². The maximum Gasteiger partial charge on any atom is 0.460 e. The van der Waals surface area contributed by atoms with Crippen LogP contribution in [0.5, 0.6) is 0 Å². The van der Waals surface area contributed by atoms with Crippen molar-refractivity contribution in [2.24, 2.45) is 23.7 Å². The summed E-state index contributed by atoms with van der Waals surface area (Å²) in [7, 11) is 0. The highest BCUT2D eigenvalue weighted by Gasteiger charge is 2.95. The predicted molar refractivity (Wildman–Crippen MR) is 159 cm³/mol. The molecule has 52 heavy (non-hydrogen) atoms. The van der Waals surface area contributed by atoms with Crippen LogP contribution in [0.15, 0.2) is 24.3 Å². The van der Waals surface area contributed by atoms with Gasteiger partial charge in [0, 0.05) is 5.56 Å². The van der Waals surface area contributed by atoms with Gasteiger partial charge in [-0.05, 0) is 67.8 Å². The number of alkyl halides is 17. The first-order valence-electron chi connectivity index (χ1n) is 17.5. The maximum atomic E-state index is 14.7. The lowest BCUT2D eigenvalue weighted by molar-refractivity contribution is -0.462. The maximum absolute atomic E-state index is 14.7. The van der Waals surface area contributed by atoms with E-state index in [1.807, 2.05) is 0 Å². The third-order valence-electron chi connectivity index (χ3n) is 11.0. The minimum absolute atomic E-state index is 0.0838. The van der Waals surface area contributed by atoms with Gasteiger partial charge in [0.2, 0.25) is 0 Å². The lowest BCUT2D eigenvalue weighted by Crippen LogP contribution is -2.74. The molecule has 17 heteroatoms. The number of rotatable bonds is 17. The van der Waals surface area contributed by atoms with Crippen molar-refractivity contribution in [1.82, 2.24) is 0 Å². The number of benzene rings is 1. The Labute approximate surface area is 291 Å². The number of unbranched alkanes of at least 4 members (excludes halogenated alkanes) is 4. The summed E-state index contributed by atoms with van der Waals surface area (Å²) in [4.78, 5) is 0. The quantitative estimate of drug-likeness (QED) is 0.109. The second kappa shape index (κ2) is 16.0. The molecule has 1 aromatic rings. The van der Waals surface area contributed by atoms with Crippen LogP contribution in [0.2, 0.25) is 0 Å². The molecule has 0 amide bonds. The standard InChI is InChI=1S/C35H43F17/c1-2-3-4-5-6-7-22-10-16-25(17-11-22)26-18-12-23(13-19-26)8-9-24-14-20-27(21-15-24)28(36,37)29(38,39)30(40,41)31(42,43)32(44,45)33(46,47)34(48,49)35(50,51)52/h14-15,20-23,25-26H,2-13,16-19H2,1H3/t22-,23?,25-,26?. The fourth-order valence-corrected chi connectivity index (χ4v) is 7.53. The summed E-state index contributed by atoms with van der Waals surface area (Å²) in [6, 6.07) is 1.66. The Morgan fingerprint density at radius 1 is 0.442 bits per heavy atom. The summed E-state index contributed by atoms with van der Waals surface area (Å²) in [6.45, 7) is 2.18. The Hall–Kier alpha value is -1.97. The Morgan fingerprint density at radius 3 is 1.25 bits per heavy atom. The highest BCUT2D eigenvalue weighted by atomic mass is 19.4. The van der Waals surface area contributed by atoms with E-state index in [1.165, 1.54) is 64.2 Å². The van der Waals surface area contributed by atoms with E-state index in [9.17, 15) is 74.6 Å². The second-order valence-corrected chi connectivity index (χ2v) is 14.5. The van der Waals surface area contributed by atoms with Crippen molar-refractivity contribution in [3.8, 4) is 0 Å². The molecule has 0 N–H and O–H groups in total. The summed E-state index contributed by atoms with van der Waals surface area (Å²) >= 11 is 0. The molecule has 302 valence electrons. The lowest BCUT2D eigenvalue weighted by Gasteiger charge is -2.42. The van der Waals surface area contributed by atoms with Gasteiger partial charge in [0.1, 0.15) is 0 Å². The number of aryl methyl sites for hydroxylation is 1. The SMILES string of the molecule is CCCCCCC[C@H]1CC[C@H](C2CCC(CCc3ccc(C(F)(F)C(F)(F)C(F)(F)C(F)(F)C(F)(F)C(F)(F)C(F)(F)C(F)(F)F)cc3)CC2)CC1. The third kappa shape index (κ3) is 8.32. The molecule has 0 spiro atoms. The summed E-state index contributed by atoms with van der Waals surface area (Å²) in [6.07, 6.45) is 9.09. The van der Waals surface area contributed by atoms with Gasteiger partial charge in [0.15, 0.2) is 0 Å². The zero-order chi connectivity index (χ0) is 39.6.